The first-order valence-corrected chi connectivity index (χ1v) is 11.5. The zero-order chi connectivity index (χ0) is 24.4. The van der Waals surface area contributed by atoms with E-state index in [1.165, 1.54) is 25.3 Å². The summed E-state index contributed by atoms with van der Waals surface area (Å²) < 4.78 is 73.2. The van der Waals surface area contributed by atoms with E-state index in [1.807, 2.05) is 0 Å². The number of halogens is 3. The second-order valence-electron chi connectivity index (χ2n) is 7.46. The summed E-state index contributed by atoms with van der Waals surface area (Å²) in [6.45, 7) is 1.12. The zero-order valence-corrected chi connectivity index (χ0v) is 18.6. The van der Waals surface area contributed by atoms with Crippen LogP contribution in [0, 0.1) is 6.92 Å². The lowest BCUT2D eigenvalue weighted by Crippen LogP contribution is -2.15. The smallest absolute Gasteiger partial charge is 0.416 e. The van der Waals surface area contributed by atoms with Gasteiger partial charge in [0.05, 0.1) is 29.7 Å². The number of carbonyl (C=O) groups is 1. The number of aliphatic carboxylic acids is 1. The number of rotatable bonds is 7. The summed E-state index contributed by atoms with van der Waals surface area (Å²) in [5, 5.41) is 9.12. The van der Waals surface area contributed by atoms with Gasteiger partial charge in [0.1, 0.15) is 5.75 Å². The first-order chi connectivity index (χ1) is 15.4. The summed E-state index contributed by atoms with van der Waals surface area (Å²) in [6, 6.07) is 14.5. The van der Waals surface area contributed by atoms with Gasteiger partial charge in [0.2, 0.25) is 0 Å². The quantitative estimate of drug-likeness (QED) is 0.499. The number of carboxylic acids is 1. The van der Waals surface area contributed by atoms with Crippen molar-refractivity contribution in [2.24, 2.45) is 0 Å². The molecule has 0 aliphatic heterocycles. The molecule has 0 atom stereocenters. The fraction of sp³-hybridized carbons (Fsp3) is 0.208. The maximum Gasteiger partial charge on any atom is 0.416 e. The maximum atomic E-state index is 13.6. The summed E-state index contributed by atoms with van der Waals surface area (Å²) in [6.07, 6.45) is -5.10. The second-order valence-corrected chi connectivity index (χ2v) is 9.39. The van der Waals surface area contributed by atoms with Crippen LogP contribution in [-0.4, -0.2) is 26.6 Å². The van der Waals surface area contributed by atoms with Crippen molar-refractivity contribution in [1.29, 1.82) is 0 Å². The van der Waals surface area contributed by atoms with Gasteiger partial charge in [0.25, 0.3) is 0 Å². The monoisotopic (exact) mass is 478 g/mol. The van der Waals surface area contributed by atoms with Crippen molar-refractivity contribution in [3.63, 3.8) is 0 Å². The third kappa shape index (κ3) is 5.36. The highest BCUT2D eigenvalue weighted by molar-refractivity contribution is 7.90. The summed E-state index contributed by atoms with van der Waals surface area (Å²) >= 11 is 0. The highest BCUT2D eigenvalue weighted by Crippen LogP contribution is 2.42. The van der Waals surface area contributed by atoms with Crippen LogP contribution in [0.1, 0.15) is 22.3 Å². The van der Waals surface area contributed by atoms with Gasteiger partial charge in [-0.15, -0.1) is 0 Å². The Bertz CT molecular complexity index is 1280. The second kappa shape index (κ2) is 9.27. The lowest BCUT2D eigenvalue weighted by atomic mass is 9.96. The molecule has 3 aromatic carbocycles. The first-order valence-electron chi connectivity index (χ1n) is 9.80. The van der Waals surface area contributed by atoms with Gasteiger partial charge in [-0.25, -0.2) is 8.42 Å². The van der Waals surface area contributed by atoms with Crippen LogP contribution in [0.5, 0.6) is 5.75 Å². The standard InChI is InChI=1S/C24H21F3O5S/c1-15-20(24(25,26)27)10-9-18(19-12-17(13-22(28)29)8-11-21(19)32-2)23(15)33(30,31)14-16-6-4-3-5-7-16/h3-12H,13-14H2,1-2H3,(H,28,29). The lowest BCUT2D eigenvalue weighted by Gasteiger charge is -2.20. The molecule has 3 rings (SSSR count). The molecule has 0 aliphatic rings. The minimum atomic E-state index is -4.76. The van der Waals surface area contributed by atoms with Gasteiger partial charge in [0, 0.05) is 11.1 Å². The van der Waals surface area contributed by atoms with Gasteiger partial charge in [-0.1, -0.05) is 42.5 Å². The number of methoxy groups -OCH3 is 1. The van der Waals surface area contributed by atoms with E-state index in [0.717, 1.165) is 19.1 Å². The number of alkyl halides is 3. The third-order valence-electron chi connectivity index (χ3n) is 5.13. The molecule has 0 aromatic heterocycles. The van der Waals surface area contributed by atoms with E-state index in [9.17, 15) is 26.4 Å². The molecule has 0 radical (unpaired) electrons. The summed E-state index contributed by atoms with van der Waals surface area (Å²) in [7, 11) is -2.90. The Morgan fingerprint density at radius 1 is 0.970 bits per heavy atom. The van der Waals surface area contributed by atoms with E-state index in [0.29, 0.717) is 11.1 Å². The molecule has 0 amide bonds. The van der Waals surface area contributed by atoms with Gasteiger partial charge in [0.15, 0.2) is 9.84 Å². The van der Waals surface area contributed by atoms with Crippen molar-refractivity contribution >= 4 is 15.8 Å². The minimum Gasteiger partial charge on any atom is -0.496 e. The number of benzene rings is 3. The van der Waals surface area contributed by atoms with Gasteiger partial charge in [-0.3, -0.25) is 4.79 Å². The first kappa shape index (κ1) is 24.3. The van der Waals surface area contributed by atoms with E-state index < -0.39 is 43.8 Å². The number of hydrogen-bond acceptors (Lipinski definition) is 4. The molecule has 0 aliphatic carbocycles. The summed E-state index contributed by atoms with van der Waals surface area (Å²) in [4.78, 5) is 10.7. The highest BCUT2D eigenvalue weighted by atomic mass is 32.2. The van der Waals surface area contributed by atoms with Crippen molar-refractivity contribution in [2.45, 2.75) is 30.2 Å². The third-order valence-corrected chi connectivity index (χ3v) is 6.99. The molecule has 3 aromatic rings. The Labute approximate surface area is 189 Å². The molecule has 1 N–H and O–H groups in total. The number of carboxylic acid groups (broad SMARTS) is 1. The van der Waals surface area contributed by atoms with E-state index >= 15 is 0 Å². The van der Waals surface area contributed by atoms with Crippen LogP contribution >= 0.6 is 0 Å². The largest absolute Gasteiger partial charge is 0.496 e. The molecule has 0 saturated heterocycles. The number of sulfone groups is 1. The van der Waals surface area contributed by atoms with Gasteiger partial charge in [-0.2, -0.15) is 13.2 Å². The SMILES string of the molecule is COc1ccc(CC(=O)O)cc1-c1ccc(C(F)(F)F)c(C)c1S(=O)(=O)Cc1ccccc1. The Balaban J connectivity index is 2.31. The van der Waals surface area contributed by atoms with Gasteiger partial charge < -0.3 is 9.84 Å². The van der Waals surface area contributed by atoms with Gasteiger partial charge >= 0.3 is 12.1 Å². The molecule has 33 heavy (non-hydrogen) atoms. The van der Waals surface area contributed by atoms with E-state index in [-0.39, 0.29) is 23.3 Å². The van der Waals surface area contributed by atoms with Crippen molar-refractivity contribution in [1.82, 2.24) is 0 Å². The molecule has 0 spiro atoms. The van der Waals surface area contributed by atoms with Crippen molar-refractivity contribution in [3.05, 3.63) is 82.9 Å². The van der Waals surface area contributed by atoms with Crippen molar-refractivity contribution in [3.8, 4) is 16.9 Å². The Morgan fingerprint density at radius 2 is 1.64 bits per heavy atom. The van der Waals surface area contributed by atoms with Crippen LogP contribution in [-0.2, 0) is 33.0 Å². The maximum absolute atomic E-state index is 13.6. The lowest BCUT2D eigenvalue weighted by molar-refractivity contribution is -0.138. The van der Waals surface area contributed by atoms with Crippen LogP contribution in [0.25, 0.3) is 11.1 Å². The average molecular weight is 478 g/mol. The van der Waals surface area contributed by atoms with Crippen molar-refractivity contribution < 1.29 is 36.2 Å². The normalized spacial score (nSPS) is 11.9. The fourth-order valence-corrected chi connectivity index (χ4v) is 5.59. The molecule has 174 valence electrons. The molecular formula is C24H21F3O5S. The predicted octanol–water partition coefficient (Wildman–Crippen LogP) is 5.29. The predicted molar refractivity (Wildman–Crippen MR) is 117 cm³/mol. The molecular weight excluding hydrogens is 457 g/mol. The summed E-state index contributed by atoms with van der Waals surface area (Å²) in [5.41, 5.74) is -0.505. The average Bonchev–Trinajstić information content (AvgIpc) is 2.72. The Kier molecular flexibility index (Phi) is 6.83. The fourth-order valence-electron chi connectivity index (χ4n) is 3.73. The molecule has 9 heteroatoms. The molecule has 5 nitrogen and oxygen atoms in total. The van der Waals surface area contributed by atoms with E-state index in [2.05, 4.69) is 0 Å². The summed E-state index contributed by atoms with van der Waals surface area (Å²) in [5.74, 6) is -1.40. The van der Waals surface area contributed by atoms with Crippen molar-refractivity contribution in [2.75, 3.05) is 7.11 Å². The van der Waals surface area contributed by atoms with E-state index in [4.69, 9.17) is 9.84 Å². The molecule has 0 bridgehead atoms. The molecule has 0 heterocycles. The highest BCUT2D eigenvalue weighted by Gasteiger charge is 2.36. The van der Waals surface area contributed by atoms with Crippen LogP contribution in [0.4, 0.5) is 13.2 Å². The Morgan fingerprint density at radius 3 is 2.21 bits per heavy atom. The Hall–Kier alpha value is -3.33. The minimum absolute atomic E-state index is 0.0144. The van der Waals surface area contributed by atoms with Crippen LogP contribution < -0.4 is 4.74 Å². The molecule has 0 fully saturated rings. The van der Waals surface area contributed by atoms with Crippen LogP contribution in [0.3, 0.4) is 0 Å². The van der Waals surface area contributed by atoms with Crippen LogP contribution in [0.2, 0.25) is 0 Å². The van der Waals surface area contributed by atoms with Gasteiger partial charge in [-0.05, 0) is 41.8 Å². The van der Waals surface area contributed by atoms with E-state index in [1.54, 1.807) is 30.3 Å². The zero-order valence-electron chi connectivity index (χ0n) is 17.8. The topological polar surface area (TPSA) is 80.7 Å². The molecule has 0 saturated carbocycles. The number of hydrogen-bond donors (Lipinski definition) is 1. The molecule has 0 unspecified atom stereocenters. The van der Waals surface area contributed by atoms with Crippen LogP contribution in [0.15, 0.2) is 65.6 Å². The number of ether oxygens (including phenoxy) is 1.